The van der Waals surface area contributed by atoms with E-state index >= 15 is 0 Å². The van der Waals surface area contributed by atoms with Crippen molar-refractivity contribution < 1.29 is 9.59 Å². The summed E-state index contributed by atoms with van der Waals surface area (Å²) in [6, 6.07) is 10.1. The minimum absolute atomic E-state index is 0.0532. The number of carbonyl (C=O) groups is 2. The molecule has 0 unspecified atom stereocenters. The van der Waals surface area contributed by atoms with Crippen molar-refractivity contribution in [1.29, 1.82) is 5.26 Å². The van der Waals surface area contributed by atoms with Crippen LogP contribution in [0.2, 0.25) is 5.02 Å². The van der Waals surface area contributed by atoms with Gasteiger partial charge in [0.2, 0.25) is 0 Å². The lowest BCUT2D eigenvalue weighted by Gasteiger charge is -2.18. The second kappa shape index (κ2) is 5.51. The van der Waals surface area contributed by atoms with Crippen molar-refractivity contribution in [2.24, 2.45) is 0 Å². The molecule has 2 aromatic rings. The highest BCUT2D eigenvalue weighted by Gasteiger charge is 2.39. The van der Waals surface area contributed by atoms with Crippen molar-refractivity contribution in [2.75, 3.05) is 4.90 Å². The lowest BCUT2D eigenvalue weighted by atomic mass is 10.1. The number of fused-ring (bicyclic) bond motifs is 1. The Hall–Kier alpha value is -1.68. The second-order valence-electron chi connectivity index (χ2n) is 4.48. The van der Waals surface area contributed by atoms with Gasteiger partial charge in [0.1, 0.15) is 6.07 Å². The van der Waals surface area contributed by atoms with Gasteiger partial charge >= 0.3 is 0 Å². The lowest BCUT2D eigenvalue weighted by Crippen LogP contribution is -2.30. The van der Waals surface area contributed by atoms with Crippen LogP contribution in [-0.4, -0.2) is 11.8 Å². The summed E-state index contributed by atoms with van der Waals surface area (Å²) < 4.78 is 0.924. The van der Waals surface area contributed by atoms with Crippen LogP contribution in [0.5, 0.6) is 0 Å². The quantitative estimate of drug-likeness (QED) is 0.483. The molecule has 0 aliphatic carbocycles. The Labute approximate surface area is 147 Å². The summed E-state index contributed by atoms with van der Waals surface area (Å²) in [4.78, 5) is 26.1. The van der Waals surface area contributed by atoms with Crippen LogP contribution in [0.3, 0.4) is 0 Å². The molecule has 0 bridgehead atoms. The summed E-state index contributed by atoms with van der Waals surface area (Å²) >= 11 is 12.7. The van der Waals surface area contributed by atoms with Crippen molar-refractivity contribution in [1.82, 2.24) is 0 Å². The van der Waals surface area contributed by atoms with E-state index in [1.165, 1.54) is 0 Å². The van der Waals surface area contributed by atoms with Crippen molar-refractivity contribution in [2.45, 2.75) is 0 Å². The summed E-state index contributed by atoms with van der Waals surface area (Å²) in [5.41, 5.74) is 0.823. The van der Waals surface area contributed by atoms with E-state index < -0.39 is 11.8 Å². The smallest absolute Gasteiger partial charge is 0.266 e. The third-order valence-corrected chi connectivity index (χ3v) is 5.13. The van der Waals surface area contributed by atoms with E-state index in [1.54, 1.807) is 30.3 Å². The standard InChI is InChI=1S/C15H5Br2ClN2O2/c16-10-5-11(17)13(9(6-19)12(10)18)20-14(21)7-3-1-2-4-8(7)15(20)22/h1-5H. The summed E-state index contributed by atoms with van der Waals surface area (Å²) in [5.74, 6) is -0.952. The molecule has 1 aliphatic heterocycles. The van der Waals surface area contributed by atoms with Crippen molar-refractivity contribution in [3.8, 4) is 6.07 Å². The first kappa shape index (κ1) is 15.2. The molecule has 0 fully saturated rings. The van der Waals surface area contributed by atoms with E-state index in [0.717, 1.165) is 4.90 Å². The molecule has 3 rings (SSSR count). The zero-order chi connectivity index (χ0) is 16.0. The van der Waals surface area contributed by atoms with Gasteiger partial charge in [-0.15, -0.1) is 0 Å². The molecule has 1 heterocycles. The number of amides is 2. The molecule has 2 aromatic carbocycles. The molecule has 22 heavy (non-hydrogen) atoms. The minimum atomic E-state index is -0.476. The molecule has 0 spiro atoms. The van der Waals surface area contributed by atoms with Gasteiger partial charge in [0.15, 0.2) is 0 Å². The highest BCUT2D eigenvalue weighted by molar-refractivity contribution is 9.11. The predicted octanol–water partition coefficient (Wildman–Crippen LogP) is 4.54. The SMILES string of the molecule is N#Cc1c(Cl)c(Br)cc(Br)c1N1C(=O)c2ccccc2C1=O. The summed E-state index contributed by atoms with van der Waals surface area (Å²) in [5, 5.41) is 9.52. The predicted molar refractivity (Wildman–Crippen MR) is 89.1 cm³/mol. The van der Waals surface area contributed by atoms with Crippen LogP contribution in [0.15, 0.2) is 39.3 Å². The van der Waals surface area contributed by atoms with Crippen LogP contribution >= 0.6 is 43.5 Å². The first-order chi connectivity index (χ1) is 10.5. The second-order valence-corrected chi connectivity index (χ2v) is 6.57. The van der Waals surface area contributed by atoms with Gasteiger partial charge < -0.3 is 0 Å². The molecular formula is C15H5Br2ClN2O2. The van der Waals surface area contributed by atoms with Gasteiger partial charge in [-0.05, 0) is 50.1 Å². The van der Waals surface area contributed by atoms with Gasteiger partial charge in [-0.25, -0.2) is 4.90 Å². The fraction of sp³-hybridized carbons (Fsp3) is 0. The van der Waals surface area contributed by atoms with E-state index in [-0.39, 0.29) is 16.3 Å². The van der Waals surface area contributed by atoms with E-state index in [4.69, 9.17) is 11.6 Å². The number of nitriles is 1. The third-order valence-electron chi connectivity index (χ3n) is 3.28. The number of imide groups is 1. The number of benzene rings is 2. The lowest BCUT2D eigenvalue weighted by molar-refractivity contribution is 0.0926. The van der Waals surface area contributed by atoms with E-state index in [9.17, 15) is 14.9 Å². The molecule has 0 saturated carbocycles. The number of halogens is 3. The highest BCUT2D eigenvalue weighted by atomic mass is 79.9. The molecular weight excluding hydrogens is 435 g/mol. The topological polar surface area (TPSA) is 61.2 Å². The number of nitrogens with zero attached hydrogens (tertiary/aromatic N) is 2. The molecule has 0 aromatic heterocycles. The number of hydrogen-bond donors (Lipinski definition) is 0. The van der Waals surface area contributed by atoms with Crippen LogP contribution in [-0.2, 0) is 0 Å². The Morgan fingerprint density at radius 3 is 2.09 bits per heavy atom. The Kier molecular flexibility index (Phi) is 3.81. The average Bonchev–Trinajstić information content (AvgIpc) is 2.75. The normalized spacial score (nSPS) is 13.3. The van der Waals surface area contributed by atoms with E-state index in [2.05, 4.69) is 31.9 Å². The molecule has 108 valence electrons. The van der Waals surface area contributed by atoms with Gasteiger partial charge in [0, 0.05) is 8.95 Å². The van der Waals surface area contributed by atoms with Crippen LogP contribution in [0.4, 0.5) is 5.69 Å². The van der Waals surface area contributed by atoms with Crippen LogP contribution in [0, 0.1) is 11.3 Å². The largest absolute Gasteiger partial charge is 0.268 e. The maximum Gasteiger partial charge on any atom is 0.266 e. The maximum absolute atomic E-state index is 12.5. The summed E-state index contributed by atoms with van der Waals surface area (Å²) in [6.07, 6.45) is 0. The third kappa shape index (κ3) is 2.09. The first-order valence-corrected chi connectivity index (χ1v) is 7.99. The van der Waals surface area contributed by atoms with Gasteiger partial charge in [0.25, 0.3) is 11.8 Å². The number of hydrogen-bond acceptors (Lipinski definition) is 3. The number of carbonyl (C=O) groups excluding carboxylic acids is 2. The highest BCUT2D eigenvalue weighted by Crippen LogP contribution is 2.42. The molecule has 7 heteroatoms. The van der Waals surface area contributed by atoms with Crippen molar-refractivity contribution in [3.05, 3.63) is 61.0 Å². The van der Waals surface area contributed by atoms with E-state index in [0.29, 0.717) is 20.1 Å². The van der Waals surface area contributed by atoms with Crippen LogP contribution in [0.25, 0.3) is 0 Å². The molecule has 1 aliphatic rings. The Bertz CT molecular complexity index is 855. The van der Waals surface area contributed by atoms with Gasteiger partial charge in [-0.1, -0.05) is 23.7 Å². The molecule has 2 amide bonds. The van der Waals surface area contributed by atoms with Crippen molar-refractivity contribution >= 4 is 61.0 Å². The monoisotopic (exact) mass is 438 g/mol. The minimum Gasteiger partial charge on any atom is -0.268 e. The fourth-order valence-electron chi connectivity index (χ4n) is 2.30. The summed E-state index contributed by atoms with van der Waals surface area (Å²) in [7, 11) is 0. The van der Waals surface area contributed by atoms with Gasteiger partial charge in [-0.2, -0.15) is 5.26 Å². The zero-order valence-corrected chi connectivity index (χ0v) is 14.7. The molecule has 4 nitrogen and oxygen atoms in total. The maximum atomic E-state index is 12.5. The molecule has 0 N–H and O–H groups in total. The van der Waals surface area contributed by atoms with Gasteiger partial charge in [0.05, 0.1) is 27.4 Å². The fourth-order valence-corrected chi connectivity index (χ4v) is 3.82. The van der Waals surface area contributed by atoms with Gasteiger partial charge in [-0.3, -0.25) is 9.59 Å². The molecule has 0 saturated heterocycles. The number of rotatable bonds is 1. The zero-order valence-electron chi connectivity index (χ0n) is 10.7. The van der Waals surface area contributed by atoms with Crippen LogP contribution < -0.4 is 4.90 Å². The Morgan fingerprint density at radius 2 is 1.59 bits per heavy atom. The summed E-state index contributed by atoms with van der Waals surface area (Å²) in [6.45, 7) is 0. The Morgan fingerprint density at radius 1 is 1.05 bits per heavy atom. The number of anilines is 1. The van der Waals surface area contributed by atoms with Crippen molar-refractivity contribution in [3.63, 3.8) is 0 Å². The average molecular weight is 440 g/mol. The van der Waals surface area contributed by atoms with Crippen LogP contribution in [0.1, 0.15) is 26.3 Å². The molecule has 0 atom stereocenters. The first-order valence-electron chi connectivity index (χ1n) is 6.02. The Balaban J connectivity index is 2.28. The van der Waals surface area contributed by atoms with E-state index in [1.807, 2.05) is 6.07 Å². The molecule has 0 radical (unpaired) electrons.